The molecule has 0 saturated carbocycles. The molecule has 3 heterocycles. The van der Waals surface area contributed by atoms with Gasteiger partial charge in [0.15, 0.2) is 0 Å². The Balaban J connectivity index is 1.97. The van der Waals surface area contributed by atoms with Gasteiger partial charge in [0.2, 0.25) is 5.91 Å². The molecule has 1 amide bonds. The third-order valence-corrected chi connectivity index (χ3v) is 3.97. The molecule has 0 bridgehead atoms. The van der Waals surface area contributed by atoms with Gasteiger partial charge in [-0.1, -0.05) is 6.07 Å². The van der Waals surface area contributed by atoms with Crippen molar-refractivity contribution in [3.05, 3.63) is 48.0 Å². The van der Waals surface area contributed by atoms with E-state index in [4.69, 9.17) is 4.42 Å². The predicted octanol–water partition coefficient (Wildman–Crippen LogP) is 2.76. The number of anilines is 1. The monoisotopic (exact) mass is 260 g/mol. The number of thioether (sulfide) groups is 1. The fraction of sp³-hybridized carbons (Fsp3) is 0.231. The van der Waals surface area contributed by atoms with Crippen LogP contribution in [0.15, 0.2) is 41.1 Å². The number of hydrogen-bond donors (Lipinski definition) is 0. The van der Waals surface area contributed by atoms with Gasteiger partial charge in [0, 0.05) is 6.20 Å². The van der Waals surface area contributed by atoms with Gasteiger partial charge in [0.1, 0.15) is 17.0 Å². The Morgan fingerprint density at radius 1 is 1.44 bits per heavy atom. The van der Waals surface area contributed by atoms with Gasteiger partial charge in [-0.15, -0.1) is 11.8 Å². The van der Waals surface area contributed by atoms with Crippen molar-refractivity contribution in [3.63, 3.8) is 0 Å². The van der Waals surface area contributed by atoms with Gasteiger partial charge < -0.3 is 4.42 Å². The summed E-state index contributed by atoms with van der Waals surface area (Å²) < 4.78 is 5.40. The van der Waals surface area contributed by atoms with Crippen LogP contribution >= 0.6 is 11.8 Å². The van der Waals surface area contributed by atoms with Gasteiger partial charge in [-0.25, -0.2) is 4.98 Å². The van der Waals surface area contributed by atoms with E-state index in [2.05, 4.69) is 4.98 Å². The second-order valence-corrected chi connectivity index (χ2v) is 5.20. The first-order valence-corrected chi connectivity index (χ1v) is 6.70. The van der Waals surface area contributed by atoms with Crippen molar-refractivity contribution < 1.29 is 9.21 Å². The Kier molecular flexibility index (Phi) is 2.83. The van der Waals surface area contributed by atoms with Crippen LogP contribution in [0.5, 0.6) is 0 Å². The molecule has 0 aliphatic carbocycles. The van der Waals surface area contributed by atoms with Crippen molar-refractivity contribution in [2.24, 2.45) is 0 Å². The SMILES string of the molecule is Cc1ccc(N2C(=O)CSC2c2ccco2)nc1. The molecule has 5 heteroatoms. The van der Waals surface area contributed by atoms with Gasteiger partial charge >= 0.3 is 0 Å². The van der Waals surface area contributed by atoms with Crippen molar-refractivity contribution in [3.8, 4) is 0 Å². The average molecular weight is 260 g/mol. The zero-order valence-corrected chi connectivity index (χ0v) is 10.7. The fourth-order valence-corrected chi connectivity index (χ4v) is 3.03. The molecule has 0 aromatic carbocycles. The second-order valence-electron chi connectivity index (χ2n) is 4.14. The molecule has 2 aromatic rings. The van der Waals surface area contributed by atoms with E-state index >= 15 is 0 Å². The van der Waals surface area contributed by atoms with Gasteiger partial charge in [-0.3, -0.25) is 9.69 Å². The number of amides is 1. The summed E-state index contributed by atoms with van der Waals surface area (Å²) in [6.07, 6.45) is 3.39. The summed E-state index contributed by atoms with van der Waals surface area (Å²) in [5, 5.41) is -0.109. The maximum Gasteiger partial charge on any atom is 0.239 e. The third kappa shape index (κ3) is 1.90. The number of hydrogen-bond acceptors (Lipinski definition) is 4. The van der Waals surface area contributed by atoms with Crippen LogP contribution in [0.1, 0.15) is 16.7 Å². The molecular formula is C13H12N2O2S. The van der Waals surface area contributed by atoms with Crippen molar-refractivity contribution in [1.29, 1.82) is 0 Å². The fourth-order valence-electron chi connectivity index (χ4n) is 1.92. The Morgan fingerprint density at radius 2 is 2.33 bits per heavy atom. The number of pyridine rings is 1. The number of furan rings is 1. The van der Waals surface area contributed by atoms with Crippen LogP contribution in [-0.2, 0) is 4.79 Å². The number of aryl methyl sites for hydroxylation is 1. The van der Waals surface area contributed by atoms with Crippen LogP contribution in [-0.4, -0.2) is 16.6 Å². The molecule has 2 aromatic heterocycles. The minimum absolute atomic E-state index is 0.0674. The maximum absolute atomic E-state index is 12.0. The highest BCUT2D eigenvalue weighted by Gasteiger charge is 2.36. The molecule has 1 aliphatic heterocycles. The number of nitrogens with zero attached hydrogens (tertiary/aromatic N) is 2. The Bertz CT molecular complexity index is 551. The van der Waals surface area contributed by atoms with E-state index in [0.717, 1.165) is 11.3 Å². The minimum atomic E-state index is -0.109. The minimum Gasteiger partial charge on any atom is -0.466 e. The number of carbonyl (C=O) groups is 1. The molecule has 3 rings (SSSR count). The van der Waals surface area contributed by atoms with Gasteiger partial charge in [-0.05, 0) is 30.7 Å². The van der Waals surface area contributed by atoms with E-state index in [1.165, 1.54) is 0 Å². The van der Waals surface area contributed by atoms with Gasteiger partial charge in [-0.2, -0.15) is 0 Å². The lowest BCUT2D eigenvalue weighted by Gasteiger charge is -2.21. The van der Waals surface area contributed by atoms with E-state index < -0.39 is 0 Å². The van der Waals surface area contributed by atoms with Crippen molar-refractivity contribution in [1.82, 2.24) is 4.98 Å². The molecule has 4 nitrogen and oxygen atoms in total. The lowest BCUT2D eigenvalue weighted by atomic mass is 10.3. The summed E-state index contributed by atoms with van der Waals surface area (Å²) >= 11 is 1.56. The zero-order chi connectivity index (χ0) is 12.5. The van der Waals surface area contributed by atoms with Crippen LogP contribution in [0.2, 0.25) is 0 Å². The van der Waals surface area contributed by atoms with Crippen molar-refractivity contribution in [2.75, 3.05) is 10.7 Å². The highest BCUT2D eigenvalue weighted by atomic mass is 32.2. The quantitative estimate of drug-likeness (QED) is 0.833. The number of rotatable bonds is 2. The molecule has 0 radical (unpaired) electrons. The standard InChI is InChI=1S/C13H12N2O2S/c1-9-4-5-11(14-7-9)15-12(16)8-18-13(15)10-3-2-6-17-10/h2-7,13H,8H2,1H3. The van der Waals surface area contributed by atoms with Crippen LogP contribution < -0.4 is 4.90 Å². The molecular weight excluding hydrogens is 248 g/mol. The largest absolute Gasteiger partial charge is 0.466 e. The molecule has 18 heavy (non-hydrogen) atoms. The van der Waals surface area contributed by atoms with Crippen molar-refractivity contribution >= 4 is 23.5 Å². The van der Waals surface area contributed by atoms with Crippen LogP contribution in [0.4, 0.5) is 5.82 Å². The summed E-state index contributed by atoms with van der Waals surface area (Å²) in [5.74, 6) is 1.99. The molecule has 1 saturated heterocycles. The van der Waals surface area contributed by atoms with E-state index in [0.29, 0.717) is 11.6 Å². The molecule has 0 spiro atoms. The van der Waals surface area contributed by atoms with E-state index in [-0.39, 0.29) is 11.3 Å². The average Bonchev–Trinajstić information content (AvgIpc) is 2.99. The molecule has 1 unspecified atom stereocenters. The first-order chi connectivity index (χ1) is 8.75. The highest BCUT2D eigenvalue weighted by molar-refractivity contribution is 8.00. The lowest BCUT2D eigenvalue weighted by molar-refractivity contribution is -0.115. The summed E-state index contributed by atoms with van der Waals surface area (Å²) in [5.41, 5.74) is 1.08. The van der Waals surface area contributed by atoms with E-state index in [1.54, 1.807) is 29.1 Å². The summed E-state index contributed by atoms with van der Waals surface area (Å²) in [7, 11) is 0. The Morgan fingerprint density at radius 3 is 3.00 bits per heavy atom. The molecule has 92 valence electrons. The topological polar surface area (TPSA) is 46.3 Å². The normalized spacial score (nSPS) is 19.5. The van der Waals surface area contributed by atoms with Crippen LogP contribution in [0, 0.1) is 6.92 Å². The highest BCUT2D eigenvalue weighted by Crippen LogP contribution is 2.40. The van der Waals surface area contributed by atoms with Crippen molar-refractivity contribution in [2.45, 2.75) is 12.3 Å². The van der Waals surface area contributed by atoms with Gasteiger partial charge in [0.05, 0.1) is 12.0 Å². The third-order valence-electron chi connectivity index (χ3n) is 2.80. The maximum atomic E-state index is 12.0. The zero-order valence-electron chi connectivity index (χ0n) is 9.87. The molecule has 0 N–H and O–H groups in total. The van der Waals surface area contributed by atoms with Gasteiger partial charge in [0.25, 0.3) is 0 Å². The molecule has 1 fully saturated rings. The summed E-state index contributed by atoms with van der Waals surface area (Å²) in [6, 6.07) is 7.55. The van der Waals surface area contributed by atoms with E-state index in [1.807, 2.05) is 31.2 Å². The number of carbonyl (C=O) groups excluding carboxylic acids is 1. The number of aromatic nitrogens is 1. The Labute approximate surface area is 109 Å². The summed E-state index contributed by atoms with van der Waals surface area (Å²) in [4.78, 5) is 18.0. The molecule has 1 aliphatic rings. The van der Waals surface area contributed by atoms with E-state index in [9.17, 15) is 4.79 Å². The predicted molar refractivity (Wildman–Crippen MR) is 70.4 cm³/mol. The Hall–Kier alpha value is -1.75. The smallest absolute Gasteiger partial charge is 0.239 e. The van der Waals surface area contributed by atoms with Crippen LogP contribution in [0.25, 0.3) is 0 Å². The molecule has 1 atom stereocenters. The van der Waals surface area contributed by atoms with Crippen LogP contribution in [0.3, 0.4) is 0 Å². The summed E-state index contributed by atoms with van der Waals surface area (Å²) in [6.45, 7) is 1.97. The lowest BCUT2D eigenvalue weighted by Crippen LogP contribution is -2.28. The first-order valence-electron chi connectivity index (χ1n) is 5.65. The first kappa shape index (κ1) is 11.3. The second kappa shape index (κ2) is 4.49.